The molecule has 0 bridgehead atoms. The molecule has 5 aromatic rings. The maximum Gasteiger partial charge on any atom is 0.0504 e. The van der Waals surface area contributed by atoms with Crippen LogP contribution in [0.15, 0.2) is 59.3 Å². The normalized spacial score (nSPS) is 17.4. The Balaban J connectivity index is 1.18. The van der Waals surface area contributed by atoms with Gasteiger partial charge in [-0.15, -0.1) is 56.7 Å². The molecule has 214 valence electrons. The van der Waals surface area contributed by atoms with Gasteiger partial charge in [-0.05, 0) is 85.2 Å². The first-order chi connectivity index (χ1) is 20.1. The molecule has 0 saturated carbocycles. The summed E-state index contributed by atoms with van der Waals surface area (Å²) in [6.07, 6.45) is 2.21. The van der Waals surface area contributed by atoms with Crippen molar-refractivity contribution < 1.29 is 0 Å². The lowest BCUT2D eigenvalue weighted by molar-refractivity contribution is 0.277. The van der Waals surface area contributed by atoms with Crippen LogP contribution in [0.3, 0.4) is 0 Å². The van der Waals surface area contributed by atoms with Gasteiger partial charge < -0.3 is 0 Å². The summed E-state index contributed by atoms with van der Waals surface area (Å²) < 4.78 is 0. The number of hydrogen-bond acceptors (Lipinski definition) is 9. The van der Waals surface area contributed by atoms with Crippen LogP contribution in [-0.4, -0.2) is 86.3 Å². The third-order valence-electron chi connectivity index (χ3n) is 8.07. The van der Waals surface area contributed by atoms with Crippen molar-refractivity contribution in [3.8, 4) is 39.0 Å². The molecular formula is C32H36N4S5. The van der Waals surface area contributed by atoms with Crippen LogP contribution in [0.25, 0.3) is 39.0 Å². The minimum Gasteiger partial charge on any atom is -0.292 e. The number of rotatable bonds is 10. The third-order valence-corrected chi connectivity index (χ3v) is 14.0. The zero-order valence-electron chi connectivity index (χ0n) is 23.7. The molecule has 0 N–H and O–H groups in total. The first-order valence-corrected chi connectivity index (χ1v) is 18.6. The average molecular weight is 637 g/mol. The van der Waals surface area contributed by atoms with Crippen LogP contribution in [0.2, 0.25) is 0 Å². The van der Waals surface area contributed by atoms with E-state index in [9.17, 15) is 0 Å². The van der Waals surface area contributed by atoms with E-state index in [1.165, 1.54) is 76.3 Å². The van der Waals surface area contributed by atoms with Crippen molar-refractivity contribution in [1.29, 1.82) is 0 Å². The predicted molar refractivity (Wildman–Crippen MR) is 183 cm³/mol. The number of hydrogen-bond donors (Lipinski definition) is 0. The van der Waals surface area contributed by atoms with Gasteiger partial charge in [0.1, 0.15) is 0 Å². The molecule has 0 aromatic carbocycles. The monoisotopic (exact) mass is 636 g/mol. The summed E-state index contributed by atoms with van der Waals surface area (Å²) in [4.78, 5) is 21.4. The largest absolute Gasteiger partial charge is 0.292 e. The lowest BCUT2D eigenvalue weighted by Crippen LogP contribution is -2.25. The summed E-state index contributed by atoms with van der Waals surface area (Å²) in [5.41, 5.74) is 3.01. The van der Waals surface area contributed by atoms with Crippen LogP contribution < -0.4 is 0 Å². The average Bonchev–Trinajstić information content (AvgIpc) is 3.80. The van der Waals surface area contributed by atoms with Crippen LogP contribution in [0.5, 0.6) is 0 Å². The minimum atomic E-state index is 1.09. The fourth-order valence-corrected chi connectivity index (χ4v) is 11.2. The lowest BCUT2D eigenvalue weighted by atomic mass is 10.1. The van der Waals surface area contributed by atoms with Gasteiger partial charge >= 0.3 is 0 Å². The summed E-state index contributed by atoms with van der Waals surface area (Å²) in [7, 11) is 4.45. The molecule has 9 heteroatoms. The van der Waals surface area contributed by atoms with E-state index in [0.29, 0.717) is 0 Å². The number of likely N-dealkylation sites (N-methyl/N-ethyl adjacent to an activating group) is 2. The fraction of sp³-hybridized carbons (Fsp3) is 0.375. The topological polar surface area (TPSA) is 13.0 Å². The van der Waals surface area contributed by atoms with Gasteiger partial charge in [0.2, 0.25) is 0 Å². The van der Waals surface area contributed by atoms with Gasteiger partial charge in [0.05, 0.1) is 13.3 Å². The van der Waals surface area contributed by atoms with E-state index in [-0.39, 0.29) is 0 Å². The number of thiophene rings is 5. The van der Waals surface area contributed by atoms with Crippen molar-refractivity contribution >= 4 is 56.7 Å². The van der Waals surface area contributed by atoms with Crippen molar-refractivity contribution in [2.75, 3.05) is 66.7 Å². The zero-order valence-corrected chi connectivity index (χ0v) is 27.8. The molecule has 4 nitrogen and oxygen atoms in total. The second-order valence-electron chi connectivity index (χ2n) is 11.2. The highest BCUT2D eigenvalue weighted by molar-refractivity contribution is 7.29. The SMILES string of the molecule is CN1CCN(CCc2cc(-c3cccs3)sc2-c2ccc(-c3sc(-c4cccs4)cc3CCN3CCN(C)C3)s2)C1. The standard InChI is InChI=1S/C32H36N4S5/c1-33-13-15-35(21-33)11-9-23-19-29(25-5-3-17-37-25)40-31(23)27-7-8-28(39-27)32-24(10-12-36-16-14-34(2)22-36)20-30(41-32)26-6-4-18-38-26/h3-8,17-20H,9-16,21-22H2,1-2H3. The molecule has 7 rings (SSSR count). The minimum absolute atomic E-state index is 1.09. The van der Waals surface area contributed by atoms with Crippen LogP contribution in [0.4, 0.5) is 0 Å². The van der Waals surface area contributed by atoms with Crippen LogP contribution in [0.1, 0.15) is 11.1 Å². The Morgan fingerprint density at radius 2 is 1.05 bits per heavy atom. The Hall–Kier alpha value is -1.66. The molecule has 0 atom stereocenters. The van der Waals surface area contributed by atoms with Gasteiger partial charge in [-0.3, -0.25) is 19.6 Å². The summed E-state index contributed by atoms with van der Waals surface area (Å²) in [6.45, 7) is 9.13. The van der Waals surface area contributed by atoms with Crippen molar-refractivity contribution in [2.45, 2.75) is 12.8 Å². The molecule has 0 radical (unpaired) electrons. The maximum atomic E-state index is 2.59. The Morgan fingerprint density at radius 1 is 0.561 bits per heavy atom. The van der Waals surface area contributed by atoms with Crippen molar-refractivity contribution in [2.24, 2.45) is 0 Å². The zero-order chi connectivity index (χ0) is 27.8. The van der Waals surface area contributed by atoms with E-state index in [4.69, 9.17) is 0 Å². The highest BCUT2D eigenvalue weighted by Gasteiger charge is 2.22. The van der Waals surface area contributed by atoms with Crippen molar-refractivity contribution in [1.82, 2.24) is 19.6 Å². The van der Waals surface area contributed by atoms with Gasteiger partial charge in [0.25, 0.3) is 0 Å². The molecule has 0 spiro atoms. The second kappa shape index (κ2) is 12.5. The van der Waals surface area contributed by atoms with Gasteiger partial charge in [-0.25, -0.2) is 0 Å². The second-order valence-corrected chi connectivity index (χ2v) is 16.3. The van der Waals surface area contributed by atoms with E-state index >= 15 is 0 Å². The molecule has 2 saturated heterocycles. The van der Waals surface area contributed by atoms with E-state index in [1.807, 2.05) is 56.7 Å². The molecule has 41 heavy (non-hydrogen) atoms. The highest BCUT2D eigenvalue weighted by Crippen LogP contribution is 2.47. The Labute approximate surface area is 263 Å². The Morgan fingerprint density at radius 3 is 1.44 bits per heavy atom. The first kappa shape index (κ1) is 28.1. The fourth-order valence-electron chi connectivity index (χ4n) is 5.82. The highest BCUT2D eigenvalue weighted by atomic mass is 32.1. The molecule has 7 heterocycles. The van der Waals surface area contributed by atoms with Crippen LogP contribution >= 0.6 is 56.7 Å². The molecule has 2 aliphatic heterocycles. The molecular weight excluding hydrogens is 601 g/mol. The molecule has 2 aliphatic rings. The maximum absolute atomic E-state index is 2.59. The third kappa shape index (κ3) is 6.34. The van der Waals surface area contributed by atoms with Crippen molar-refractivity contribution in [3.63, 3.8) is 0 Å². The molecule has 0 aliphatic carbocycles. The number of nitrogens with zero attached hydrogens (tertiary/aromatic N) is 4. The van der Waals surface area contributed by atoms with Gasteiger partial charge in [0, 0.05) is 78.3 Å². The van der Waals surface area contributed by atoms with Crippen LogP contribution in [0, 0.1) is 0 Å². The predicted octanol–water partition coefficient (Wildman–Crippen LogP) is 8.16. The summed E-state index contributed by atoms with van der Waals surface area (Å²) >= 11 is 9.66. The van der Waals surface area contributed by atoms with E-state index in [2.05, 4.69) is 93.0 Å². The Bertz CT molecular complexity index is 1450. The van der Waals surface area contributed by atoms with Gasteiger partial charge in [-0.2, -0.15) is 0 Å². The summed E-state index contributed by atoms with van der Waals surface area (Å²) in [5, 5.41) is 4.39. The van der Waals surface area contributed by atoms with Gasteiger partial charge in [-0.1, -0.05) is 12.1 Å². The van der Waals surface area contributed by atoms with Gasteiger partial charge in [0.15, 0.2) is 0 Å². The van der Waals surface area contributed by atoms with E-state index in [0.717, 1.165) is 39.3 Å². The quantitative estimate of drug-likeness (QED) is 0.153. The first-order valence-electron chi connectivity index (χ1n) is 14.3. The Kier molecular flexibility index (Phi) is 8.59. The van der Waals surface area contributed by atoms with Crippen molar-refractivity contribution in [3.05, 3.63) is 70.4 Å². The smallest absolute Gasteiger partial charge is 0.0504 e. The molecule has 5 aromatic heterocycles. The van der Waals surface area contributed by atoms with E-state index < -0.39 is 0 Å². The lowest BCUT2D eigenvalue weighted by Gasteiger charge is -2.15. The van der Waals surface area contributed by atoms with Crippen LogP contribution in [-0.2, 0) is 12.8 Å². The molecule has 0 unspecified atom stereocenters. The molecule has 0 amide bonds. The van der Waals surface area contributed by atoms with E-state index in [1.54, 1.807) is 0 Å². The summed E-state index contributed by atoms with van der Waals surface area (Å²) in [5.74, 6) is 0. The molecule has 2 fully saturated rings. The summed E-state index contributed by atoms with van der Waals surface area (Å²) in [6, 6.07) is 18.6.